The standard InChI is InChI=1S/C15H20N2O4/c1-15(2,3)21-14(19)16-12-9-17(13(12)18)20-10-11-7-5-4-6-8-11/h4-8,12H,9-10H2,1-3H3,(H,16,19)/t12-/m0/s1. The van der Waals surface area contributed by atoms with Gasteiger partial charge in [0.05, 0.1) is 6.54 Å². The molecule has 6 heteroatoms. The number of hydrogen-bond donors (Lipinski definition) is 1. The van der Waals surface area contributed by atoms with Gasteiger partial charge in [-0.25, -0.2) is 9.86 Å². The second-order valence-corrected chi connectivity index (χ2v) is 5.86. The van der Waals surface area contributed by atoms with Gasteiger partial charge >= 0.3 is 6.09 Å². The van der Waals surface area contributed by atoms with Gasteiger partial charge in [0.15, 0.2) is 0 Å². The molecule has 0 saturated carbocycles. The Labute approximate surface area is 124 Å². The number of rotatable bonds is 4. The Hall–Kier alpha value is -2.08. The van der Waals surface area contributed by atoms with E-state index in [2.05, 4.69) is 5.32 Å². The number of amides is 2. The first kappa shape index (κ1) is 15.3. The molecule has 0 spiro atoms. The molecule has 0 unspecified atom stereocenters. The number of alkyl carbamates (subject to hydrolysis) is 1. The first-order valence-corrected chi connectivity index (χ1v) is 6.83. The van der Waals surface area contributed by atoms with Gasteiger partial charge in [-0.15, -0.1) is 0 Å². The molecule has 21 heavy (non-hydrogen) atoms. The maximum atomic E-state index is 11.8. The SMILES string of the molecule is CC(C)(C)OC(=O)N[C@H]1CN(OCc2ccccc2)C1=O. The van der Waals surface area contributed by atoms with E-state index < -0.39 is 17.7 Å². The van der Waals surface area contributed by atoms with Crippen molar-refractivity contribution >= 4 is 12.0 Å². The van der Waals surface area contributed by atoms with Crippen LogP contribution in [-0.4, -0.2) is 35.3 Å². The summed E-state index contributed by atoms with van der Waals surface area (Å²) in [5, 5.41) is 3.76. The highest BCUT2D eigenvalue weighted by molar-refractivity contribution is 5.90. The summed E-state index contributed by atoms with van der Waals surface area (Å²) in [6, 6.07) is 8.99. The third-order valence-corrected chi connectivity index (χ3v) is 2.81. The summed E-state index contributed by atoms with van der Waals surface area (Å²) in [7, 11) is 0. The average molecular weight is 292 g/mol. The molecular formula is C15H20N2O4. The van der Waals surface area contributed by atoms with E-state index in [0.29, 0.717) is 13.2 Å². The normalized spacial score (nSPS) is 18.1. The fourth-order valence-electron chi connectivity index (χ4n) is 1.80. The predicted octanol–water partition coefficient (Wildman–Crippen LogP) is 1.85. The van der Waals surface area contributed by atoms with E-state index in [1.807, 2.05) is 30.3 Å². The van der Waals surface area contributed by atoms with Crippen molar-refractivity contribution < 1.29 is 19.2 Å². The van der Waals surface area contributed by atoms with Gasteiger partial charge in [0.25, 0.3) is 5.91 Å². The van der Waals surface area contributed by atoms with Crippen molar-refractivity contribution in [1.29, 1.82) is 0 Å². The molecule has 0 aliphatic carbocycles. The van der Waals surface area contributed by atoms with E-state index in [1.165, 1.54) is 5.06 Å². The van der Waals surface area contributed by atoms with Gasteiger partial charge in [0.1, 0.15) is 18.2 Å². The smallest absolute Gasteiger partial charge is 0.408 e. The Morgan fingerprint density at radius 1 is 1.33 bits per heavy atom. The molecule has 6 nitrogen and oxygen atoms in total. The minimum Gasteiger partial charge on any atom is -0.444 e. The molecule has 1 fully saturated rings. The van der Waals surface area contributed by atoms with Crippen LogP contribution in [0.5, 0.6) is 0 Å². The average Bonchev–Trinajstić information content (AvgIpc) is 2.40. The summed E-state index contributed by atoms with van der Waals surface area (Å²) in [4.78, 5) is 28.7. The van der Waals surface area contributed by atoms with E-state index >= 15 is 0 Å². The Kier molecular flexibility index (Phi) is 4.47. The quantitative estimate of drug-likeness (QED) is 0.860. The second-order valence-electron chi connectivity index (χ2n) is 5.86. The molecule has 1 aromatic rings. The topological polar surface area (TPSA) is 67.9 Å². The summed E-state index contributed by atoms with van der Waals surface area (Å²) in [6.07, 6.45) is -0.594. The zero-order valence-electron chi connectivity index (χ0n) is 12.5. The number of ether oxygens (including phenoxy) is 1. The summed E-state index contributed by atoms with van der Waals surface area (Å²) in [6.45, 7) is 5.95. The summed E-state index contributed by atoms with van der Waals surface area (Å²) in [5.74, 6) is -0.267. The lowest BCUT2D eigenvalue weighted by Gasteiger charge is -2.37. The molecule has 0 aromatic heterocycles. The maximum Gasteiger partial charge on any atom is 0.408 e. The molecule has 0 bridgehead atoms. The molecule has 2 rings (SSSR count). The lowest BCUT2D eigenvalue weighted by molar-refractivity contribution is -0.218. The van der Waals surface area contributed by atoms with E-state index in [9.17, 15) is 9.59 Å². The third kappa shape index (κ3) is 4.46. The maximum absolute atomic E-state index is 11.8. The molecule has 1 aliphatic heterocycles. The van der Waals surface area contributed by atoms with Crippen LogP contribution in [0.15, 0.2) is 30.3 Å². The fraction of sp³-hybridized carbons (Fsp3) is 0.467. The van der Waals surface area contributed by atoms with Crippen molar-refractivity contribution in [2.24, 2.45) is 0 Å². The zero-order chi connectivity index (χ0) is 15.5. The van der Waals surface area contributed by atoms with Crippen LogP contribution >= 0.6 is 0 Å². The van der Waals surface area contributed by atoms with Gasteiger partial charge in [-0.05, 0) is 26.3 Å². The van der Waals surface area contributed by atoms with Crippen LogP contribution in [0.4, 0.5) is 4.79 Å². The van der Waals surface area contributed by atoms with Gasteiger partial charge in [-0.3, -0.25) is 9.63 Å². The third-order valence-electron chi connectivity index (χ3n) is 2.81. The molecule has 1 atom stereocenters. The van der Waals surface area contributed by atoms with Crippen LogP contribution in [0.25, 0.3) is 0 Å². The van der Waals surface area contributed by atoms with Gasteiger partial charge in [-0.1, -0.05) is 30.3 Å². The van der Waals surface area contributed by atoms with E-state index in [1.54, 1.807) is 20.8 Å². The van der Waals surface area contributed by atoms with Crippen molar-refractivity contribution in [1.82, 2.24) is 10.4 Å². The Morgan fingerprint density at radius 3 is 2.57 bits per heavy atom. The number of nitrogens with zero attached hydrogens (tertiary/aromatic N) is 1. The first-order valence-electron chi connectivity index (χ1n) is 6.83. The molecule has 2 amide bonds. The highest BCUT2D eigenvalue weighted by Crippen LogP contribution is 2.14. The fourth-order valence-corrected chi connectivity index (χ4v) is 1.80. The predicted molar refractivity (Wildman–Crippen MR) is 76.1 cm³/mol. The molecule has 1 aliphatic rings. The van der Waals surface area contributed by atoms with Crippen LogP contribution in [0.3, 0.4) is 0 Å². The molecule has 114 valence electrons. The summed E-state index contributed by atoms with van der Waals surface area (Å²) >= 11 is 0. The van der Waals surface area contributed by atoms with Gasteiger partial charge in [0, 0.05) is 0 Å². The Balaban J connectivity index is 1.72. The first-order chi connectivity index (χ1) is 9.85. The van der Waals surface area contributed by atoms with E-state index in [0.717, 1.165) is 5.56 Å². The van der Waals surface area contributed by atoms with Gasteiger partial charge < -0.3 is 10.1 Å². The highest BCUT2D eigenvalue weighted by atomic mass is 16.7. The Morgan fingerprint density at radius 2 is 2.00 bits per heavy atom. The van der Waals surface area contributed by atoms with E-state index in [4.69, 9.17) is 9.57 Å². The molecule has 1 aromatic carbocycles. The van der Waals surface area contributed by atoms with Crippen molar-refractivity contribution in [3.8, 4) is 0 Å². The summed E-state index contributed by atoms with van der Waals surface area (Å²) in [5.41, 5.74) is 0.397. The molecule has 1 heterocycles. The van der Waals surface area contributed by atoms with Crippen molar-refractivity contribution in [2.45, 2.75) is 39.0 Å². The number of hydrogen-bond acceptors (Lipinski definition) is 4. The minimum atomic E-state index is -0.594. The highest BCUT2D eigenvalue weighted by Gasteiger charge is 2.39. The summed E-state index contributed by atoms with van der Waals surface area (Å²) < 4.78 is 5.10. The molecular weight excluding hydrogens is 272 g/mol. The lowest BCUT2D eigenvalue weighted by atomic mass is 10.1. The molecule has 0 radical (unpaired) electrons. The van der Waals surface area contributed by atoms with Gasteiger partial charge in [0.2, 0.25) is 0 Å². The largest absolute Gasteiger partial charge is 0.444 e. The number of benzene rings is 1. The number of nitrogens with one attached hydrogen (secondary N) is 1. The zero-order valence-corrected chi connectivity index (χ0v) is 12.5. The second kappa shape index (κ2) is 6.13. The number of carbonyl (C=O) groups excluding carboxylic acids is 2. The van der Waals surface area contributed by atoms with Crippen LogP contribution in [0.2, 0.25) is 0 Å². The van der Waals surface area contributed by atoms with Crippen molar-refractivity contribution in [3.63, 3.8) is 0 Å². The van der Waals surface area contributed by atoms with Crippen molar-refractivity contribution in [3.05, 3.63) is 35.9 Å². The number of carbonyl (C=O) groups is 2. The molecule has 1 saturated heterocycles. The van der Waals surface area contributed by atoms with Crippen molar-refractivity contribution in [2.75, 3.05) is 6.54 Å². The van der Waals surface area contributed by atoms with Crippen LogP contribution in [0.1, 0.15) is 26.3 Å². The Bertz CT molecular complexity index is 510. The van der Waals surface area contributed by atoms with Crippen LogP contribution in [0, 0.1) is 0 Å². The molecule has 1 N–H and O–H groups in total. The van der Waals surface area contributed by atoms with E-state index in [-0.39, 0.29) is 5.91 Å². The van der Waals surface area contributed by atoms with Crippen LogP contribution in [-0.2, 0) is 21.0 Å². The number of hydroxylamine groups is 2. The monoisotopic (exact) mass is 292 g/mol. The number of β-lactam (4-membered cyclic amide) rings is 1. The van der Waals surface area contributed by atoms with Gasteiger partial charge in [-0.2, -0.15) is 0 Å². The van der Waals surface area contributed by atoms with Crippen LogP contribution < -0.4 is 5.32 Å². The lowest BCUT2D eigenvalue weighted by Crippen LogP contribution is -2.63. The minimum absolute atomic E-state index is 0.267.